The fourth-order valence-electron chi connectivity index (χ4n) is 4.40. The Kier molecular flexibility index (Phi) is 3.69. The zero-order valence-electron chi connectivity index (χ0n) is 31.2. The smallest absolute Gasteiger partial charge is 0.227 e. The number of furan rings is 1. The van der Waals surface area contributed by atoms with E-state index < -0.39 is 37.3 Å². The average molecular weight is 487 g/mol. The molecule has 3 heterocycles. The molecule has 0 fully saturated rings. The summed E-state index contributed by atoms with van der Waals surface area (Å²) in [5.41, 5.74) is -0.0719. The molecule has 0 aliphatic rings. The molecule has 0 saturated heterocycles. The van der Waals surface area contributed by atoms with Crippen molar-refractivity contribution in [1.29, 1.82) is 0 Å². The van der Waals surface area contributed by atoms with Crippen LogP contribution in [0.2, 0.25) is 0 Å². The molecular weight excluding hydrogens is 440 g/mol. The molecule has 0 atom stereocenters. The van der Waals surface area contributed by atoms with Gasteiger partial charge in [-0.25, -0.2) is 4.98 Å². The van der Waals surface area contributed by atoms with Gasteiger partial charge < -0.3 is 4.42 Å². The van der Waals surface area contributed by atoms with Crippen molar-refractivity contribution >= 4 is 22.1 Å². The lowest BCUT2D eigenvalue weighted by molar-refractivity contribution is 0.411. The SMILES string of the molecule is [2H]C([2H])([2H])c1ccc2c(n1)oc1c(-c3cc(C([2H])([2H])C(C)(C)c4ccc(C([2H])([2H])C(C)(C)C)cc4)c(C([2H])([2H])[2H])cn3)cccc12. The third-order valence-electron chi connectivity index (χ3n) is 6.12. The highest BCUT2D eigenvalue weighted by Crippen LogP contribution is 2.36. The minimum absolute atomic E-state index is 0.0625. The number of aryl methyl sites for hydroxylation is 2. The van der Waals surface area contributed by atoms with Gasteiger partial charge in [0.1, 0.15) is 5.58 Å². The monoisotopic (exact) mass is 486 g/mol. The Morgan fingerprint density at radius 2 is 1.69 bits per heavy atom. The molecule has 0 amide bonds. The third kappa shape index (κ3) is 4.80. The molecule has 5 rings (SSSR count). The maximum absolute atomic E-state index is 9.42. The minimum atomic E-state index is -2.67. The molecule has 3 nitrogen and oxygen atoms in total. The molecule has 3 heteroatoms. The first-order chi connectivity index (χ1) is 21.0. The molecule has 2 aromatic carbocycles. The molecule has 0 radical (unpaired) electrons. The summed E-state index contributed by atoms with van der Waals surface area (Å²) in [7, 11) is 0. The van der Waals surface area contributed by atoms with Gasteiger partial charge in [-0.3, -0.25) is 4.98 Å². The third-order valence-corrected chi connectivity index (χ3v) is 6.12. The Balaban J connectivity index is 1.66. The summed E-state index contributed by atoms with van der Waals surface area (Å²) in [5.74, 6) is 0. The van der Waals surface area contributed by atoms with Crippen LogP contribution in [-0.2, 0) is 18.2 Å². The van der Waals surface area contributed by atoms with Crippen molar-refractivity contribution in [3.8, 4) is 11.3 Å². The van der Waals surface area contributed by atoms with Crippen LogP contribution in [0.3, 0.4) is 0 Å². The van der Waals surface area contributed by atoms with E-state index in [0.717, 1.165) is 0 Å². The van der Waals surface area contributed by atoms with Crippen LogP contribution >= 0.6 is 0 Å². The van der Waals surface area contributed by atoms with Crippen molar-refractivity contribution in [2.45, 2.75) is 66.5 Å². The number of nitrogens with zero attached hydrogens (tertiary/aromatic N) is 2. The van der Waals surface area contributed by atoms with Gasteiger partial charge in [0.2, 0.25) is 5.71 Å². The Hall–Kier alpha value is -3.46. The number of pyridine rings is 2. The predicted molar refractivity (Wildman–Crippen MR) is 151 cm³/mol. The summed E-state index contributed by atoms with van der Waals surface area (Å²) in [4.78, 5) is 8.66. The number of hydrogen-bond donors (Lipinski definition) is 0. The fourth-order valence-corrected chi connectivity index (χ4v) is 4.40. The van der Waals surface area contributed by atoms with E-state index >= 15 is 0 Å². The molecule has 36 heavy (non-hydrogen) atoms. The lowest BCUT2D eigenvalue weighted by Crippen LogP contribution is -2.21. The quantitative estimate of drug-likeness (QED) is 0.249. The number of benzene rings is 2. The molecule has 0 bridgehead atoms. The summed E-state index contributed by atoms with van der Waals surface area (Å²) < 4.78 is 89.9. The van der Waals surface area contributed by atoms with Crippen molar-refractivity contribution in [1.82, 2.24) is 9.97 Å². The molecular formula is C33H36N2O. The van der Waals surface area contributed by atoms with Gasteiger partial charge in [0.15, 0.2) is 0 Å². The molecule has 0 N–H and O–H groups in total. The summed E-state index contributed by atoms with van der Waals surface area (Å²) in [6, 6.07) is 16.5. The van der Waals surface area contributed by atoms with Gasteiger partial charge in [-0.2, -0.15) is 0 Å². The maximum atomic E-state index is 9.42. The number of aromatic nitrogens is 2. The molecule has 5 aromatic rings. The molecule has 0 unspecified atom stereocenters. The van der Waals surface area contributed by atoms with Crippen LogP contribution in [0.4, 0.5) is 0 Å². The van der Waals surface area contributed by atoms with E-state index in [1.165, 1.54) is 18.3 Å². The van der Waals surface area contributed by atoms with Gasteiger partial charge in [-0.05, 0) is 83.8 Å². The summed E-state index contributed by atoms with van der Waals surface area (Å²) >= 11 is 0. The second-order valence-electron chi connectivity index (χ2n) is 10.7. The Morgan fingerprint density at radius 1 is 0.889 bits per heavy atom. The molecule has 184 valence electrons. The van der Waals surface area contributed by atoms with Crippen molar-refractivity contribution in [2.75, 3.05) is 0 Å². The topological polar surface area (TPSA) is 38.9 Å². The van der Waals surface area contributed by atoms with E-state index in [-0.39, 0.29) is 28.2 Å². The van der Waals surface area contributed by atoms with E-state index in [1.807, 2.05) is 20.8 Å². The van der Waals surface area contributed by atoms with Gasteiger partial charge in [0.05, 0.1) is 5.69 Å². The van der Waals surface area contributed by atoms with Crippen LogP contribution in [-0.4, -0.2) is 9.97 Å². The lowest BCUT2D eigenvalue weighted by Gasteiger charge is -2.27. The van der Waals surface area contributed by atoms with Crippen LogP contribution in [0, 0.1) is 19.1 Å². The molecule has 0 saturated carbocycles. The maximum Gasteiger partial charge on any atom is 0.227 e. The molecule has 0 aliphatic heterocycles. The summed E-state index contributed by atoms with van der Waals surface area (Å²) in [6.45, 7) is 3.75. The largest absolute Gasteiger partial charge is 0.437 e. The molecule has 3 aromatic heterocycles. The van der Waals surface area contributed by atoms with Gasteiger partial charge >= 0.3 is 0 Å². The highest BCUT2D eigenvalue weighted by atomic mass is 16.3. The number of para-hydroxylation sites is 1. The van der Waals surface area contributed by atoms with Crippen LogP contribution in [0.1, 0.15) is 76.3 Å². The summed E-state index contributed by atoms with van der Waals surface area (Å²) in [6.07, 6.45) is -2.69. The normalized spacial score (nSPS) is 18.1. The van der Waals surface area contributed by atoms with E-state index in [2.05, 4.69) is 9.97 Å². The number of fused-ring (bicyclic) bond motifs is 3. The highest BCUT2D eigenvalue weighted by Gasteiger charge is 2.23. The van der Waals surface area contributed by atoms with Crippen molar-refractivity contribution in [3.05, 3.63) is 94.8 Å². The van der Waals surface area contributed by atoms with Gasteiger partial charge in [0, 0.05) is 41.9 Å². The Labute approximate surface area is 228 Å². The van der Waals surface area contributed by atoms with E-state index in [0.29, 0.717) is 33.0 Å². The highest BCUT2D eigenvalue weighted by molar-refractivity contribution is 6.08. The molecule has 0 aliphatic carbocycles. The first-order valence-electron chi connectivity index (χ1n) is 16.9. The molecule has 0 spiro atoms. The van der Waals surface area contributed by atoms with E-state index in [9.17, 15) is 2.74 Å². The fraction of sp³-hybridized carbons (Fsp3) is 0.333. The minimum Gasteiger partial charge on any atom is -0.437 e. The van der Waals surface area contributed by atoms with Crippen LogP contribution in [0.15, 0.2) is 71.3 Å². The zero-order chi connectivity index (χ0) is 34.3. The standard InChI is InChI=1S/C33H36N2O/c1-21-20-34-29(28-10-8-9-26-27-16-11-22(2)35-31(27)36-30(26)28)17-24(21)19-33(6,7)25-14-12-23(13-15-25)18-32(3,4)5/h8-17,20H,18-19H2,1-7H3/i1D3,2D3,18D2,19D2. The number of rotatable bonds is 5. The summed E-state index contributed by atoms with van der Waals surface area (Å²) in [5, 5.41) is 1.25. The lowest BCUT2D eigenvalue weighted by atomic mass is 9.77. The van der Waals surface area contributed by atoms with Crippen molar-refractivity contribution < 1.29 is 18.1 Å². The predicted octanol–water partition coefficient (Wildman–Crippen LogP) is 8.77. The Bertz CT molecular complexity index is 1930. The van der Waals surface area contributed by atoms with Crippen LogP contribution in [0.5, 0.6) is 0 Å². The Morgan fingerprint density at radius 3 is 2.42 bits per heavy atom. The van der Waals surface area contributed by atoms with Crippen molar-refractivity contribution in [3.63, 3.8) is 0 Å². The van der Waals surface area contributed by atoms with Crippen LogP contribution in [0.25, 0.3) is 33.3 Å². The zero-order valence-corrected chi connectivity index (χ0v) is 21.2. The van der Waals surface area contributed by atoms with E-state index in [1.54, 1.807) is 62.4 Å². The van der Waals surface area contributed by atoms with Gasteiger partial charge in [-0.1, -0.05) is 71.0 Å². The second kappa shape index (κ2) is 8.89. The first kappa shape index (κ1) is 14.9. The first-order valence-corrected chi connectivity index (χ1v) is 11.9. The van der Waals surface area contributed by atoms with Gasteiger partial charge in [0.25, 0.3) is 0 Å². The van der Waals surface area contributed by atoms with Crippen LogP contribution < -0.4 is 0 Å². The average Bonchev–Trinajstić information content (AvgIpc) is 3.33. The van der Waals surface area contributed by atoms with E-state index in [4.69, 9.17) is 15.4 Å². The van der Waals surface area contributed by atoms with Gasteiger partial charge in [-0.15, -0.1) is 0 Å². The second-order valence-corrected chi connectivity index (χ2v) is 10.7. The number of hydrogen-bond acceptors (Lipinski definition) is 3. The van der Waals surface area contributed by atoms with Crippen molar-refractivity contribution in [2.24, 2.45) is 5.41 Å².